The molecule has 0 radical (unpaired) electrons. The van der Waals surface area contributed by atoms with Gasteiger partial charge in [-0.05, 0) is 12.8 Å². The number of ether oxygens (including phenoxy) is 2. The number of hydrogen-bond acceptors (Lipinski definition) is 6. The molecule has 0 saturated heterocycles. The minimum atomic E-state index is 0.740. The summed E-state index contributed by atoms with van der Waals surface area (Å²) in [4.78, 5) is 8.28. The van der Waals surface area contributed by atoms with Crippen molar-refractivity contribution in [1.82, 2.24) is 10.3 Å². The molecule has 1 heterocycles. The van der Waals surface area contributed by atoms with E-state index in [4.69, 9.17) is 14.5 Å². The van der Waals surface area contributed by atoms with Gasteiger partial charge in [-0.15, -0.1) is 11.3 Å². The summed E-state index contributed by atoms with van der Waals surface area (Å²) in [7, 11) is 5.55. The Morgan fingerprint density at radius 2 is 2.00 bits per heavy atom. The molecule has 0 atom stereocenters. The van der Waals surface area contributed by atoms with E-state index in [1.165, 1.54) is 10.6 Å². The van der Waals surface area contributed by atoms with Crippen molar-refractivity contribution in [3.63, 3.8) is 0 Å². The lowest BCUT2D eigenvalue weighted by molar-refractivity contribution is 0.196. The minimum Gasteiger partial charge on any atom is -0.385 e. The van der Waals surface area contributed by atoms with E-state index in [0.29, 0.717) is 0 Å². The predicted octanol–water partition coefficient (Wildman–Crippen LogP) is 1.91. The van der Waals surface area contributed by atoms with Crippen LogP contribution < -0.4 is 10.2 Å². The van der Waals surface area contributed by atoms with E-state index >= 15 is 0 Å². The summed E-state index contributed by atoms with van der Waals surface area (Å²) in [6.45, 7) is 6.40. The summed E-state index contributed by atoms with van der Waals surface area (Å²) in [5.74, 6) is 0. The van der Waals surface area contributed by atoms with Crippen LogP contribution in [0.25, 0.3) is 0 Å². The molecule has 0 bridgehead atoms. The molecule has 1 aromatic heterocycles. The van der Waals surface area contributed by atoms with Crippen molar-refractivity contribution in [1.29, 1.82) is 0 Å². The second-order valence-corrected chi connectivity index (χ2v) is 5.72. The Labute approximate surface area is 126 Å². The standard InChI is InChI=1S/C14H27N3O2S/c1-5-12-13(11-15-7-10-19-4)20-14(16-12)17(2)8-6-9-18-3/h15H,5-11H2,1-4H3. The molecule has 20 heavy (non-hydrogen) atoms. The molecule has 0 aliphatic rings. The first-order valence-electron chi connectivity index (χ1n) is 7.11. The number of aromatic nitrogens is 1. The van der Waals surface area contributed by atoms with Gasteiger partial charge in [0.15, 0.2) is 5.13 Å². The smallest absolute Gasteiger partial charge is 0.185 e. The number of nitrogens with zero attached hydrogens (tertiary/aromatic N) is 2. The monoisotopic (exact) mass is 301 g/mol. The van der Waals surface area contributed by atoms with E-state index in [-0.39, 0.29) is 0 Å². The molecule has 0 aromatic carbocycles. The van der Waals surface area contributed by atoms with Crippen molar-refractivity contribution >= 4 is 16.5 Å². The molecule has 1 N–H and O–H groups in total. The molecule has 0 aliphatic heterocycles. The van der Waals surface area contributed by atoms with Crippen molar-refractivity contribution in [3.8, 4) is 0 Å². The van der Waals surface area contributed by atoms with Crippen LogP contribution in [0.15, 0.2) is 0 Å². The quantitative estimate of drug-likeness (QED) is 0.633. The lowest BCUT2D eigenvalue weighted by atomic mass is 10.3. The maximum atomic E-state index is 5.09. The van der Waals surface area contributed by atoms with Crippen LogP contribution in [0.3, 0.4) is 0 Å². The SMILES string of the molecule is CCc1nc(N(C)CCCOC)sc1CNCCOC. The third kappa shape index (κ3) is 5.75. The van der Waals surface area contributed by atoms with E-state index in [1.54, 1.807) is 25.6 Å². The zero-order chi connectivity index (χ0) is 14.8. The molecule has 1 rings (SSSR count). The lowest BCUT2D eigenvalue weighted by Gasteiger charge is -2.14. The highest BCUT2D eigenvalue weighted by atomic mass is 32.1. The van der Waals surface area contributed by atoms with Crippen molar-refractivity contribution in [2.75, 3.05) is 52.5 Å². The fraction of sp³-hybridized carbons (Fsp3) is 0.786. The van der Waals surface area contributed by atoms with Crippen LogP contribution in [-0.2, 0) is 22.4 Å². The summed E-state index contributed by atoms with van der Waals surface area (Å²) in [6.07, 6.45) is 2.00. The Balaban J connectivity index is 2.53. The van der Waals surface area contributed by atoms with E-state index in [2.05, 4.69) is 24.2 Å². The predicted molar refractivity (Wildman–Crippen MR) is 84.8 cm³/mol. The number of hydrogen-bond donors (Lipinski definition) is 1. The molecule has 0 amide bonds. The highest BCUT2D eigenvalue weighted by Gasteiger charge is 2.12. The van der Waals surface area contributed by atoms with E-state index < -0.39 is 0 Å². The molecule has 1 aromatic rings. The Kier molecular flexibility index (Phi) is 8.77. The average Bonchev–Trinajstić information content (AvgIpc) is 2.87. The first-order valence-corrected chi connectivity index (χ1v) is 7.92. The van der Waals surface area contributed by atoms with Crippen molar-refractivity contribution in [2.24, 2.45) is 0 Å². The Morgan fingerprint density at radius 1 is 1.25 bits per heavy atom. The normalized spacial score (nSPS) is 11.0. The van der Waals surface area contributed by atoms with Crippen molar-refractivity contribution in [3.05, 3.63) is 10.6 Å². The molecule has 0 fully saturated rings. The number of rotatable bonds is 11. The minimum absolute atomic E-state index is 0.740. The summed E-state index contributed by atoms with van der Waals surface area (Å²) >= 11 is 1.78. The largest absolute Gasteiger partial charge is 0.385 e. The molecule has 0 saturated carbocycles. The number of nitrogens with one attached hydrogen (secondary N) is 1. The van der Waals surface area contributed by atoms with Crippen LogP contribution >= 0.6 is 11.3 Å². The van der Waals surface area contributed by atoms with Gasteiger partial charge in [-0.25, -0.2) is 4.98 Å². The van der Waals surface area contributed by atoms with Gasteiger partial charge in [-0.3, -0.25) is 0 Å². The van der Waals surface area contributed by atoms with E-state index in [1.807, 2.05) is 0 Å². The van der Waals surface area contributed by atoms with Crippen LogP contribution in [0.2, 0.25) is 0 Å². The molecule has 0 aliphatic carbocycles. The van der Waals surface area contributed by atoms with Gasteiger partial charge in [0.2, 0.25) is 0 Å². The zero-order valence-corrected chi connectivity index (χ0v) is 13.9. The van der Waals surface area contributed by atoms with Gasteiger partial charge in [0.25, 0.3) is 0 Å². The Bertz CT molecular complexity index is 371. The lowest BCUT2D eigenvalue weighted by Crippen LogP contribution is -2.19. The van der Waals surface area contributed by atoms with Gasteiger partial charge in [0.1, 0.15) is 0 Å². The summed E-state index contributed by atoms with van der Waals surface area (Å²) in [5.41, 5.74) is 1.20. The van der Waals surface area contributed by atoms with E-state index in [0.717, 1.165) is 50.8 Å². The molecular weight excluding hydrogens is 274 g/mol. The fourth-order valence-corrected chi connectivity index (χ4v) is 2.97. The van der Waals surface area contributed by atoms with Gasteiger partial charge in [-0.2, -0.15) is 0 Å². The summed E-state index contributed by atoms with van der Waals surface area (Å²) < 4.78 is 10.1. The zero-order valence-electron chi connectivity index (χ0n) is 13.1. The first-order chi connectivity index (χ1) is 9.72. The van der Waals surface area contributed by atoms with E-state index in [9.17, 15) is 0 Å². The van der Waals surface area contributed by atoms with Crippen LogP contribution in [-0.4, -0.2) is 52.6 Å². The third-order valence-corrected chi connectivity index (χ3v) is 4.25. The number of aryl methyl sites for hydroxylation is 1. The third-order valence-electron chi connectivity index (χ3n) is 3.04. The highest BCUT2D eigenvalue weighted by Crippen LogP contribution is 2.26. The van der Waals surface area contributed by atoms with Crippen molar-refractivity contribution in [2.45, 2.75) is 26.3 Å². The molecule has 6 heteroatoms. The maximum Gasteiger partial charge on any atom is 0.185 e. The summed E-state index contributed by atoms with van der Waals surface area (Å²) in [6, 6.07) is 0. The average molecular weight is 301 g/mol. The topological polar surface area (TPSA) is 46.6 Å². The van der Waals surface area contributed by atoms with Gasteiger partial charge >= 0.3 is 0 Å². The van der Waals surface area contributed by atoms with Gasteiger partial charge in [0, 0.05) is 52.4 Å². The molecule has 0 spiro atoms. The molecule has 0 unspecified atom stereocenters. The number of thiazole rings is 1. The summed E-state index contributed by atoms with van der Waals surface area (Å²) in [5, 5.41) is 4.49. The molecular formula is C14H27N3O2S. The highest BCUT2D eigenvalue weighted by molar-refractivity contribution is 7.15. The first kappa shape index (κ1) is 17.4. The number of methoxy groups -OCH3 is 2. The van der Waals surface area contributed by atoms with Gasteiger partial charge < -0.3 is 19.7 Å². The number of anilines is 1. The van der Waals surface area contributed by atoms with Crippen molar-refractivity contribution < 1.29 is 9.47 Å². The second-order valence-electron chi connectivity index (χ2n) is 4.66. The van der Waals surface area contributed by atoms with Crippen LogP contribution in [0.5, 0.6) is 0 Å². The fourth-order valence-electron chi connectivity index (χ4n) is 1.87. The Hall–Kier alpha value is -0.690. The Morgan fingerprint density at radius 3 is 2.65 bits per heavy atom. The van der Waals surface area contributed by atoms with Crippen LogP contribution in [0.1, 0.15) is 23.9 Å². The second kappa shape index (κ2) is 10.1. The maximum absolute atomic E-state index is 5.09. The van der Waals surface area contributed by atoms with Crippen LogP contribution in [0.4, 0.5) is 5.13 Å². The van der Waals surface area contributed by atoms with Gasteiger partial charge in [-0.1, -0.05) is 6.92 Å². The molecule has 5 nitrogen and oxygen atoms in total. The molecule has 116 valence electrons. The van der Waals surface area contributed by atoms with Gasteiger partial charge in [0.05, 0.1) is 12.3 Å². The van der Waals surface area contributed by atoms with Crippen LogP contribution in [0, 0.1) is 0 Å².